The summed E-state index contributed by atoms with van der Waals surface area (Å²) in [6.07, 6.45) is 1.67. The number of benzene rings is 2. The van der Waals surface area contributed by atoms with E-state index in [0.29, 0.717) is 22.0 Å². The molecule has 0 spiro atoms. The maximum absolute atomic E-state index is 14.3. The van der Waals surface area contributed by atoms with Gasteiger partial charge >= 0.3 is 5.97 Å². The molecule has 1 saturated heterocycles. The number of ether oxygens (including phenoxy) is 2. The minimum Gasteiger partial charge on any atom is -0.497 e. The van der Waals surface area contributed by atoms with Crippen LogP contribution in [0.15, 0.2) is 46.3 Å². The summed E-state index contributed by atoms with van der Waals surface area (Å²) < 4.78 is 24.8. The van der Waals surface area contributed by atoms with Gasteiger partial charge in [0.25, 0.3) is 5.91 Å². The Labute approximate surface area is 176 Å². The van der Waals surface area contributed by atoms with Crippen molar-refractivity contribution in [2.75, 3.05) is 14.2 Å². The second kappa shape index (κ2) is 9.00. The van der Waals surface area contributed by atoms with Gasteiger partial charge in [0.15, 0.2) is 5.17 Å². The highest BCUT2D eigenvalue weighted by molar-refractivity contribution is 8.18. The minimum atomic E-state index is -1.12. The Bertz CT molecular complexity index is 1070. The number of hydrogen-bond acceptors (Lipinski definition) is 6. The van der Waals surface area contributed by atoms with Gasteiger partial charge in [-0.1, -0.05) is 6.07 Å². The Morgan fingerprint density at radius 2 is 2.00 bits per heavy atom. The molecule has 30 heavy (non-hydrogen) atoms. The summed E-state index contributed by atoms with van der Waals surface area (Å²) in [7, 11) is 3.07. The van der Waals surface area contributed by atoms with Crippen molar-refractivity contribution < 1.29 is 28.6 Å². The Hall–Kier alpha value is -3.33. The fraction of sp³-hybridized carbons (Fsp3) is 0.190. The van der Waals surface area contributed by atoms with Crippen LogP contribution >= 0.6 is 11.8 Å². The van der Waals surface area contributed by atoms with Crippen molar-refractivity contribution in [2.45, 2.75) is 12.8 Å². The Morgan fingerprint density at radius 1 is 1.23 bits per heavy atom. The number of nitrogens with one attached hydrogen (secondary N) is 1. The molecule has 0 aliphatic carbocycles. The second-order valence-electron chi connectivity index (χ2n) is 6.36. The molecular formula is C21H19FN2O5S. The number of nitrogens with zero attached hydrogens (tertiary/aromatic N) is 1. The average molecular weight is 430 g/mol. The van der Waals surface area contributed by atoms with Crippen molar-refractivity contribution in [2.24, 2.45) is 4.99 Å². The fourth-order valence-corrected chi connectivity index (χ4v) is 3.58. The van der Waals surface area contributed by atoms with E-state index in [4.69, 9.17) is 14.6 Å². The molecule has 1 aliphatic rings. The highest BCUT2D eigenvalue weighted by Crippen LogP contribution is 2.32. The Morgan fingerprint density at radius 3 is 2.63 bits per heavy atom. The van der Waals surface area contributed by atoms with Gasteiger partial charge in [-0.15, -0.1) is 0 Å². The lowest BCUT2D eigenvalue weighted by atomic mass is 10.0. The van der Waals surface area contributed by atoms with Gasteiger partial charge in [0.1, 0.15) is 17.3 Å². The molecule has 2 aromatic rings. The van der Waals surface area contributed by atoms with Gasteiger partial charge < -0.3 is 19.9 Å². The predicted octanol–water partition coefficient (Wildman–Crippen LogP) is 3.92. The first-order chi connectivity index (χ1) is 14.3. The summed E-state index contributed by atoms with van der Waals surface area (Å²) in [5.41, 5.74) is 1.02. The summed E-state index contributed by atoms with van der Waals surface area (Å²) in [5, 5.41) is 12.0. The number of aliphatic imine (C=N–C) groups is 1. The van der Waals surface area contributed by atoms with Crippen LogP contribution in [0.2, 0.25) is 0 Å². The normalized spacial score (nSPS) is 17.1. The standard InChI is InChI=1S/C21H19FN2O5S/c1-11(20(26)27)15-7-5-13(9-16(15)22)23-21-24-19(25)18(30-21)8-12-4-6-14(28-2)10-17(12)29-3/h4-11H,1-3H3,(H,26,27)(H,23,24,25). The number of carboxylic acids is 1. The highest BCUT2D eigenvalue weighted by atomic mass is 32.2. The van der Waals surface area contributed by atoms with Gasteiger partial charge in [-0.05, 0) is 49.0 Å². The van der Waals surface area contributed by atoms with Crippen LogP contribution in [0.5, 0.6) is 11.5 Å². The van der Waals surface area contributed by atoms with Crippen LogP contribution in [0.25, 0.3) is 6.08 Å². The van der Waals surface area contributed by atoms with Crippen molar-refractivity contribution in [1.29, 1.82) is 0 Å². The maximum atomic E-state index is 14.3. The molecule has 1 atom stereocenters. The smallest absolute Gasteiger partial charge is 0.310 e. The van der Waals surface area contributed by atoms with Crippen LogP contribution in [-0.2, 0) is 9.59 Å². The molecule has 0 bridgehead atoms. The molecule has 3 rings (SSSR count). The van der Waals surface area contributed by atoms with Gasteiger partial charge in [-0.2, -0.15) is 0 Å². The van der Waals surface area contributed by atoms with E-state index in [1.54, 1.807) is 31.4 Å². The van der Waals surface area contributed by atoms with E-state index in [1.807, 2.05) is 0 Å². The molecule has 0 radical (unpaired) electrons. The van der Waals surface area contributed by atoms with Crippen molar-refractivity contribution in [3.8, 4) is 11.5 Å². The monoisotopic (exact) mass is 430 g/mol. The summed E-state index contributed by atoms with van der Waals surface area (Å²) >= 11 is 1.11. The first-order valence-electron chi connectivity index (χ1n) is 8.86. The maximum Gasteiger partial charge on any atom is 0.310 e. The lowest BCUT2D eigenvalue weighted by molar-refractivity contribution is -0.138. The van der Waals surface area contributed by atoms with E-state index < -0.39 is 17.7 Å². The molecule has 9 heteroatoms. The number of methoxy groups -OCH3 is 2. The molecule has 0 aromatic heterocycles. The Kier molecular flexibility index (Phi) is 6.41. The van der Waals surface area contributed by atoms with Crippen LogP contribution in [0, 0.1) is 5.82 Å². The third-order valence-corrected chi connectivity index (χ3v) is 5.34. The van der Waals surface area contributed by atoms with Gasteiger partial charge in [0.05, 0.1) is 30.7 Å². The number of carbonyl (C=O) groups is 2. The molecule has 1 fully saturated rings. The molecule has 1 aliphatic heterocycles. The van der Waals surface area contributed by atoms with Crippen LogP contribution in [0.3, 0.4) is 0 Å². The SMILES string of the molecule is COc1ccc(C=C2SC(=Nc3ccc(C(C)C(=O)O)c(F)c3)NC2=O)c(OC)c1. The fourth-order valence-electron chi connectivity index (χ4n) is 2.75. The van der Waals surface area contributed by atoms with Gasteiger partial charge in [-0.3, -0.25) is 9.59 Å². The zero-order valence-corrected chi connectivity index (χ0v) is 17.2. The molecule has 2 N–H and O–H groups in total. The molecule has 0 saturated carbocycles. The highest BCUT2D eigenvalue weighted by Gasteiger charge is 2.25. The van der Waals surface area contributed by atoms with Crippen molar-refractivity contribution in [3.05, 3.63) is 58.2 Å². The summed E-state index contributed by atoms with van der Waals surface area (Å²) in [6, 6.07) is 9.26. The number of aliphatic carboxylic acids is 1. The van der Waals surface area contributed by atoms with Crippen molar-refractivity contribution >= 4 is 40.6 Å². The van der Waals surface area contributed by atoms with Crippen LogP contribution in [0.4, 0.5) is 10.1 Å². The van der Waals surface area contributed by atoms with E-state index in [2.05, 4.69) is 10.3 Å². The number of carboxylic acid groups (broad SMARTS) is 1. The van der Waals surface area contributed by atoms with E-state index in [1.165, 1.54) is 26.2 Å². The minimum absolute atomic E-state index is 0.0711. The van der Waals surface area contributed by atoms with Gasteiger partial charge in [0, 0.05) is 17.2 Å². The molecule has 1 amide bonds. The third-order valence-electron chi connectivity index (χ3n) is 4.43. The first-order valence-corrected chi connectivity index (χ1v) is 9.68. The van der Waals surface area contributed by atoms with Crippen molar-refractivity contribution in [3.63, 3.8) is 0 Å². The number of carbonyl (C=O) groups excluding carboxylic acids is 1. The lowest BCUT2D eigenvalue weighted by Crippen LogP contribution is -2.19. The quantitative estimate of drug-likeness (QED) is 0.674. The number of halogens is 1. The van der Waals surface area contributed by atoms with Crippen molar-refractivity contribution in [1.82, 2.24) is 5.32 Å². The summed E-state index contributed by atoms with van der Waals surface area (Å²) in [4.78, 5) is 28.0. The largest absolute Gasteiger partial charge is 0.497 e. The number of rotatable bonds is 6. The lowest BCUT2D eigenvalue weighted by Gasteiger charge is -2.08. The molecule has 2 aromatic carbocycles. The number of thioether (sulfide) groups is 1. The number of amides is 1. The third kappa shape index (κ3) is 4.62. The molecule has 1 heterocycles. The topological polar surface area (TPSA) is 97.2 Å². The summed E-state index contributed by atoms with van der Waals surface area (Å²) in [6.45, 7) is 1.41. The van der Waals surface area contributed by atoms with E-state index in [-0.39, 0.29) is 22.3 Å². The Balaban J connectivity index is 1.84. The van der Waals surface area contributed by atoms with E-state index in [9.17, 15) is 14.0 Å². The number of amidine groups is 1. The van der Waals surface area contributed by atoms with Crippen LogP contribution in [-0.4, -0.2) is 36.4 Å². The van der Waals surface area contributed by atoms with Gasteiger partial charge in [-0.25, -0.2) is 9.38 Å². The second-order valence-corrected chi connectivity index (χ2v) is 7.39. The average Bonchev–Trinajstić information content (AvgIpc) is 3.06. The van der Waals surface area contributed by atoms with Crippen LogP contribution < -0.4 is 14.8 Å². The predicted molar refractivity (Wildman–Crippen MR) is 113 cm³/mol. The molecule has 156 valence electrons. The van der Waals surface area contributed by atoms with Gasteiger partial charge in [0.2, 0.25) is 0 Å². The first kappa shape index (κ1) is 21.4. The number of hydrogen-bond donors (Lipinski definition) is 2. The molecule has 1 unspecified atom stereocenters. The van der Waals surface area contributed by atoms with E-state index in [0.717, 1.165) is 17.8 Å². The zero-order chi connectivity index (χ0) is 21.8. The molecule has 7 nitrogen and oxygen atoms in total. The van der Waals surface area contributed by atoms with E-state index >= 15 is 0 Å². The zero-order valence-electron chi connectivity index (χ0n) is 16.4. The van der Waals surface area contributed by atoms with Crippen LogP contribution in [0.1, 0.15) is 24.0 Å². The molecular weight excluding hydrogens is 411 g/mol. The summed E-state index contributed by atoms with van der Waals surface area (Å²) in [5.74, 6) is -1.92.